The van der Waals surface area contributed by atoms with Gasteiger partial charge in [-0.25, -0.2) is 4.79 Å². The molecule has 0 aliphatic carbocycles. The molecule has 0 aliphatic heterocycles. The number of nitrogens with one attached hydrogen (secondary N) is 1. The molecule has 82 valence electrons. The molecule has 0 aromatic carbocycles. The lowest BCUT2D eigenvalue weighted by Crippen LogP contribution is -2.05. The Labute approximate surface area is 90.9 Å². The van der Waals surface area contributed by atoms with Crippen LogP contribution in [0.2, 0.25) is 0 Å². The molecule has 0 bridgehead atoms. The molecule has 0 atom stereocenters. The van der Waals surface area contributed by atoms with Gasteiger partial charge in [-0.2, -0.15) is 0 Å². The minimum absolute atomic E-state index is 0.0751. The molecule has 2 aromatic heterocycles. The number of hydrogen-bond acceptors (Lipinski definition) is 5. The lowest BCUT2D eigenvalue weighted by atomic mass is 10.3. The van der Waals surface area contributed by atoms with E-state index in [9.17, 15) is 4.79 Å². The fourth-order valence-corrected chi connectivity index (χ4v) is 1.13. The number of carbonyl (C=O) groups is 1. The summed E-state index contributed by atoms with van der Waals surface area (Å²) in [6, 6.07) is 4.79. The van der Waals surface area contributed by atoms with Gasteiger partial charge in [-0.05, 0) is 18.2 Å². The Balaban J connectivity index is 1.98. The van der Waals surface area contributed by atoms with Crippen molar-refractivity contribution in [3.63, 3.8) is 0 Å². The van der Waals surface area contributed by atoms with Crippen LogP contribution in [0.15, 0.2) is 35.1 Å². The molecule has 2 aromatic rings. The van der Waals surface area contributed by atoms with Crippen LogP contribution in [0.1, 0.15) is 16.1 Å². The monoisotopic (exact) mass is 219 g/mol. The van der Waals surface area contributed by atoms with Gasteiger partial charge >= 0.3 is 5.97 Å². The van der Waals surface area contributed by atoms with Crippen LogP contribution in [0.4, 0.5) is 5.82 Å². The summed E-state index contributed by atoms with van der Waals surface area (Å²) >= 11 is 0. The molecule has 0 saturated carbocycles. The summed E-state index contributed by atoms with van der Waals surface area (Å²) < 4.78 is 4.90. The number of rotatable bonds is 4. The van der Waals surface area contributed by atoms with Gasteiger partial charge in [0.05, 0.1) is 12.5 Å². The Morgan fingerprint density at radius 2 is 2.25 bits per heavy atom. The van der Waals surface area contributed by atoms with Gasteiger partial charge in [-0.1, -0.05) is 0 Å². The first-order chi connectivity index (χ1) is 7.75. The molecule has 16 heavy (non-hydrogen) atoms. The zero-order chi connectivity index (χ0) is 11.4. The van der Waals surface area contributed by atoms with Crippen LogP contribution in [-0.4, -0.2) is 21.3 Å². The first-order valence-electron chi connectivity index (χ1n) is 4.57. The average Bonchev–Trinajstić information content (AvgIpc) is 2.80. The molecule has 0 amide bonds. The van der Waals surface area contributed by atoms with Crippen molar-refractivity contribution in [2.24, 2.45) is 0 Å². The second-order valence-corrected chi connectivity index (χ2v) is 3.09. The smallest absolute Gasteiger partial charge is 0.356 e. The maximum atomic E-state index is 10.5. The maximum Gasteiger partial charge on any atom is 0.356 e. The van der Waals surface area contributed by atoms with Crippen molar-refractivity contribution < 1.29 is 14.3 Å². The molecule has 2 N–H and O–H groups in total. The summed E-state index contributed by atoms with van der Waals surface area (Å²) in [5, 5.41) is 18.9. The largest absolute Gasteiger partial charge is 0.476 e. The molecule has 0 fully saturated rings. The first-order valence-corrected chi connectivity index (χ1v) is 4.57. The SMILES string of the molecule is O=C(O)c1ccc(NCc2ccoc2)nn1. The van der Waals surface area contributed by atoms with E-state index >= 15 is 0 Å². The molecule has 2 rings (SSSR count). The lowest BCUT2D eigenvalue weighted by molar-refractivity contribution is 0.0689. The highest BCUT2D eigenvalue weighted by Gasteiger charge is 2.04. The Hall–Kier alpha value is -2.37. The molecule has 0 unspecified atom stereocenters. The zero-order valence-corrected chi connectivity index (χ0v) is 8.25. The van der Waals surface area contributed by atoms with E-state index in [1.165, 1.54) is 6.07 Å². The van der Waals surface area contributed by atoms with Crippen molar-refractivity contribution in [3.05, 3.63) is 42.0 Å². The van der Waals surface area contributed by atoms with Gasteiger partial charge in [-0.3, -0.25) is 0 Å². The van der Waals surface area contributed by atoms with Gasteiger partial charge in [0.25, 0.3) is 0 Å². The first kappa shape index (κ1) is 10.2. The van der Waals surface area contributed by atoms with E-state index in [1.54, 1.807) is 18.6 Å². The predicted molar refractivity (Wildman–Crippen MR) is 55.0 cm³/mol. The van der Waals surface area contributed by atoms with Crippen molar-refractivity contribution in [3.8, 4) is 0 Å². The second-order valence-electron chi connectivity index (χ2n) is 3.09. The van der Waals surface area contributed by atoms with Crippen LogP contribution >= 0.6 is 0 Å². The van der Waals surface area contributed by atoms with E-state index in [1.807, 2.05) is 6.07 Å². The van der Waals surface area contributed by atoms with Crippen LogP contribution in [0.5, 0.6) is 0 Å². The van der Waals surface area contributed by atoms with Crippen LogP contribution in [-0.2, 0) is 6.54 Å². The lowest BCUT2D eigenvalue weighted by Gasteiger charge is -2.02. The van der Waals surface area contributed by atoms with Gasteiger partial charge in [0.15, 0.2) is 5.69 Å². The van der Waals surface area contributed by atoms with Crippen LogP contribution in [0.3, 0.4) is 0 Å². The quantitative estimate of drug-likeness (QED) is 0.807. The highest BCUT2D eigenvalue weighted by molar-refractivity contribution is 5.85. The van der Waals surface area contributed by atoms with E-state index < -0.39 is 5.97 Å². The number of aromatic carboxylic acids is 1. The van der Waals surface area contributed by atoms with Crippen molar-refractivity contribution in [2.45, 2.75) is 6.54 Å². The van der Waals surface area contributed by atoms with Gasteiger partial charge in [0, 0.05) is 12.1 Å². The molecule has 2 heterocycles. The van der Waals surface area contributed by atoms with Crippen molar-refractivity contribution in [1.82, 2.24) is 10.2 Å². The zero-order valence-electron chi connectivity index (χ0n) is 8.25. The highest BCUT2D eigenvalue weighted by atomic mass is 16.4. The summed E-state index contributed by atoms with van der Waals surface area (Å²) in [5.74, 6) is -0.569. The summed E-state index contributed by atoms with van der Waals surface area (Å²) in [6.07, 6.45) is 3.20. The predicted octanol–water partition coefficient (Wildman–Crippen LogP) is 1.38. The Morgan fingerprint density at radius 1 is 1.38 bits per heavy atom. The topological polar surface area (TPSA) is 88.2 Å². The van der Waals surface area contributed by atoms with E-state index in [2.05, 4.69) is 15.5 Å². The number of nitrogens with zero attached hydrogens (tertiary/aromatic N) is 2. The third kappa shape index (κ3) is 2.35. The molecular weight excluding hydrogens is 210 g/mol. The fourth-order valence-electron chi connectivity index (χ4n) is 1.13. The summed E-state index contributed by atoms with van der Waals surface area (Å²) in [6.45, 7) is 0.553. The second kappa shape index (κ2) is 4.43. The van der Waals surface area contributed by atoms with Gasteiger partial charge in [0.2, 0.25) is 0 Å². The van der Waals surface area contributed by atoms with Crippen LogP contribution < -0.4 is 5.32 Å². The van der Waals surface area contributed by atoms with Gasteiger partial charge in [0.1, 0.15) is 5.82 Å². The molecule has 0 aliphatic rings. The number of carboxylic acids is 1. The number of aromatic nitrogens is 2. The molecular formula is C10H9N3O3. The molecule has 6 heteroatoms. The van der Waals surface area contributed by atoms with E-state index in [0.29, 0.717) is 12.4 Å². The van der Waals surface area contributed by atoms with Gasteiger partial charge in [-0.15, -0.1) is 10.2 Å². The molecule has 0 saturated heterocycles. The van der Waals surface area contributed by atoms with Crippen LogP contribution in [0, 0.1) is 0 Å². The summed E-state index contributed by atoms with van der Waals surface area (Å²) in [5.41, 5.74) is 0.901. The van der Waals surface area contributed by atoms with E-state index in [-0.39, 0.29) is 5.69 Å². The van der Waals surface area contributed by atoms with Crippen LogP contribution in [0.25, 0.3) is 0 Å². The Kier molecular flexibility index (Phi) is 2.81. The number of furan rings is 1. The average molecular weight is 219 g/mol. The van der Waals surface area contributed by atoms with Crippen molar-refractivity contribution in [2.75, 3.05) is 5.32 Å². The minimum Gasteiger partial charge on any atom is -0.476 e. The van der Waals surface area contributed by atoms with Gasteiger partial charge < -0.3 is 14.8 Å². The third-order valence-corrected chi connectivity index (χ3v) is 1.94. The number of carboxylic acid groups (broad SMARTS) is 1. The molecule has 0 radical (unpaired) electrons. The number of anilines is 1. The summed E-state index contributed by atoms with van der Waals surface area (Å²) in [7, 11) is 0. The normalized spacial score (nSPS) is 10.0. The Morgan fingerprint density at radius 3 is 2.81 bits per heavy atom. The standard InChI is InChI=1S/C10H9N3O3/c14-10(15)8-1-2-9(13-12-8)11-5-7-3-4-16-6-7/h1-4,6H,5H2,(H,11,13)(H,14,15). The van der Waals surface area contributed by atoms with Crippen molar-refractivity contribution in [1.29, 1.82) is 0 Å². The fraction of sp³-hybridized carbons (Fsp3) is 0.100. The van der Waals surface area contributed by atoms with E-state index in [4.69, 9.17) is 9.52 Å². The molecule has 0 spiro atoms. The van der Waals surface area contributed by atoms with E-state index in [0.717, 1.165) is 5.56 Å². The summed E-state index contributed by atoms with van der Waals surface area (Å²) in [4.78, 5) is 10.5. The Bertz CT molecular complexity index is 465. The minimum atomic E-state index is -1.09. The highest BCUT2D eigenvalue weighted by Crippen LogP contribution is 2.06. The third-order valence-electron chi connectivity index (χ3n) is 1.94. The molecule has 6 nitrogen and oxygen atoms in total. The maximum absolute atomic E-state index is 10.5. The van der Waals surface area contributed by atoms with Crippen molar-refractivity contribution >= 4 is 11.8 Å². The number of hydrogen-bond donors (Lipinski definition) is 2.